The molecule has 0 saturated carbocycles. The van der Waals surface area contributed by atoms with E-state index in [0.29, 0.717) is 0 Å². The van der Waals surface area contributed by atoms with Crippen molar-refractivity contribution in [2.24, 2.45) is 0 Å². The number of hydrogen-bond donors (Lipinski definition) is 32. The molecule has 0 bridgehead atoms. The number of carbonyl (C=O) groups excluding carboxylic acids is 5. The van der Waals surface area contributed by atoms with E-state index < -0.39 is 402 Å². The number of aliphatic hydroxyl groups excluding tert-OH is 27. The summed E-state index contributed by atoms with van der Waals surface area (Å²) in [4.78, 5) is 65.0. The van der Waals surface area contributed by atoms with Crippen molar-refractivity contribution in [1.29, 1.82) is 0 Å². The molecule has 1 unspecified atom stereocenters. The Bertz CT molecular complexity index is 3440. The van der Waals surface area contributed by atoms with Crippen LogP contribution in [0, 0.1) is 0 Å². The summed E-state index contributed by atoms with van der Waals surface area (Å²) >= 11 is 0. The summed E-state index contributed by atoms with van der Waals surface area (Å²) < 4.78 is 116. The van der Waals surface area contributed by atoms with Crippen molar-refractivity contribution in [3.05, 3.63) is 0 Å². The van der Waals surface area contributed by atoms with Crippen molar-refractivity contribution in [3.63, 3.8) is 0 Å². The van der Waals surface area contributed by atoms with Crippen LogP contribution in [0.15, 0.2) is 0 Å². The van der Waals surface area contributed by atoms with Gasteiger partial charge in [-0.05, 0) is 0 Å². The molecule has 126 heavy (non-hydrogen) atoms. The first kappa shape index (κ1) is 104. The van der Waals surface area contributed by atoms with Gasteiger partial charge in [0.2, 0.25) is 29.5 Å². The molecule has 50 atom stereocenters. The van der Waals surface area contributed by atoms with Crippen molar-refractivity contribution in [2.45, 2.75) is 341 Å². The number of ether oxygens (including phenoxy) is 19. The summed E-state index contributed by atoms with van der Waals surface area (Å²) in [7, 11) is 0. The highest BCUT2D eigenvalue weighted by Crippen LogP contribution is 2.42. The zero-order chi connectivity index (χ0) is 92.8. The maximum atomic E-state index is 13.5. The summed E-state index contributed by atoms with van der Waals surface area (Å²) in [6.07, 6.45) is -98.7. The van der Waals surface area contributed by atoms with E-state index in [1.165, 1.54) is 0 Å². The highest BCUT2D eigenvalue weighted by Gasteiger charge is 2.63. The molecule has 10 heterocycles. The third kappa shape index (κ3) is 22.9. The normalized spacial score (nSPS) is 48.4. The van der Waals surface area contributed by atoms with Crippen LogP contribution in [0.2, 0.25) is 0 Å². The van der Waals surface area contributed by atoms with E-state index in [0.717, 1.165) is 34.6 Å². The smallest absolute Gasteiger partial charge is 0.217 e. The van der Waals surface area contributed by atoms with E-state index in [2.05, 4.69) is 26.6 Å². The number of nitrogens with one attached hydrogen (secondary N) is 5. The van der Waals surface area contributed by atoms with Crippen molar-refractivity contribution in [3.8, 4) is 0 Å². The van der Waals surface area contributed by atoms with Gasteiger partial charge >= 0.3 is 0 Å². The molecule has 728 valence electrons. The van der Waals surface area contributed by atoms with Crippen LogP contribution in [0.25, 0.3) is 0 Å². The van der Waals surface area contributed by atoms with Crippen molar-refractivity contribution < 1.29 is 252 Å². The standard InChI is InChI=1S/C70H117N5O51/c1-16(85)71-31-43(97)53(26(11-81)109-61(31)107)119-64-34(74-19(4)88)45(99)55(28(13-83)115-64)122-69-52(106)59(57(123-62-32(72-17(2)86)41(95)36(90)21(6-76)110-62)30(118-69)15-108-66-51(105)58(40(94)25(10-80)112-66)124-68-49(103)47(101)39(93)24(9-79)114-68)125-70-60(126-63-33(73-18(3)87)42(96)37(91)22(7-77)111-63)50(104)56(29(14-84)117-70)120-65-35(75-20(5)89)44(98)54(27(12-82)116-65)121-67-48(102)46(100)38(92)23(8-78)113-67/h21-70,76-84,90-107H,6-15H2,1-5H3,(H,71,85)(H,72,86)(H,73,87)(H,74,88)(H,75,89)/t21-,22-,23-,24-,25-,26-,27-,28-,29-,30-,31-,32-,33-,34-,35-,36-,37-,38+,39-,40-,41-,42-,43-,44-,45-,46+,47+,48-,49+,50+,51+,52+,53-,54-,55-,56-,57-,58+,59-,60+,61?,62+,63+,64+,65+,66+,67+,68-,69+,70-/m1/s1. The molecule has 0 radical (unpaired) electrons. The molecular weight excluding hydrogens is 1730 g/mol. The minimum atomic E-state index is -2.81. The van der Waals surface area contributed by atoms with Gasteiger partial charge in [-0.3, -0.25) is 24.0 Å². The van der Waals surface area contributed by atoms with Gasteiger partial charge in [0.25, 0.3) is 0 Å². The van der Waals surface area contributed by atoms with E-state index >= 15 is 0 Å². The Labute approximate surface area is 713 Å². The molecule has 10 aliphatic rings. The molecule has 56 nitrogen and oxygen atoms in total. The molecule has 0 aliphatic carbocycles. The highest BCUT2D eigenvalue weighted by molar-refractivity contribution is 5.75. The Balaban J connectivity index is 1.11. The lowest BCUT2D eigenvalue weighted by Gasteiger charge is -2.53. The fourth-order valence-corrected chi connectivity index (χ4v) is 16.4. The van der Waals surface area contributed by atoms with Gasteiger partial charge in [0.15, 0.2) is 62.9 Å². The van der Waals surface area contributed by atoms with Crippen LogP contribution >= 0.6 is 0 Å². The summed E-state index contributed by atoms with van der Waals surface area (Å²) in [6.45, 7) is -7.24. The summed E-state index contributed by atoms with van der Waals surface area (Å²) in [5.41, 5.74) is 0. The Morgan fingerprint density at radius 3 is 0.833 bits per heavy atom. The van der Waals surface area contributed by atoms with Gasteiger partial charge < -0.3 is 254 Å². The average Bonchev–Trinajstić information content (AvgIpc) is 0.955. The second-order valence-electron chi connectivity index (χ2n) is 31.7. The zero-order valence-electron chi connectivity index (χ0n) is 67.8. The van der Waals surface area contributed by atoms with E-state index in [1.807, 2.05) is 0 Å². The SMILES string of the molecule is CC(=O)N[C@H]1[C@H](O[C@H]2[C@H](O)[C@@H](NC(C)=O)C(O)O[C@@H]2CO)O[C@H](CO)[C@@H](O[C@@H]2O[C@H](CO[C@H]3O[C@H](CO)[C@@H](O)[C@H](O[C@H]4O[C@H](CO)[C@@H](O)[C@H](O)[C@@H]4O)[C@@H]3O)[C@@H](O[C@@H]3O[C@H](CO)[C@@H](O)[C@H](O)[C@H]3NC(C)=O)[C@H](O[C@H]3O[C@H](CO)[C@@H](O[C@@H]4O[C@H](CO)[C@@H](O[C@@H]5O[C@H](CO)[C@H](O)[C@H](O)[C@H]5O)[C@H](O)[C@H]4NC(C)=O)[C@H](O)[C@@H]3O[C@@H]3O[C@H](CO)[C@@H](O)[C@H](O)[C@H]3NC(C)=O)[C@@H]2O)[C@@H]1O. The maximum Gasteiger partial charge on any atom is 0.217 e. The average molecular weight is 1840 g/mol. The molecule has 5 amide bonds. The molecule has 10 aliphatic heterocycles. The topological polar surface area (TPSA) is 867 Å². The lowest BCUT2D eigenvalue weighted by atomic mass is 9.93. The number of carbonyl (C=O) groups is 5. The quantitative estimate of drug-likeness (QED) is 0.0290. The fourth-order valence-electron chi connectivity index (χ4n) is 16.4. The highest BCUT2D eigenvalue weighted by atomic mass is 16.8. The third-order valence-corrected chi connectivity index (χ3v) is 22.9. The van der Waals surface area contributed by atoms with Gasteiger partial charge in [-0.25, -0.2) is 0 Å². The molecular formula is C70H117N5O51. The maximum absolute atomic E-state index is 13.5. The second-order valence-corrected chi connectivity index (χ2v) is 31.7. The first-order chi connectivity index (χ1) is 59.6. The molecule has 10 rings (SSSR count). The molecule has 10 fully saturated rings. The number of hydrogen-bond acceptors (Lipinski definition) is 51. The van der Waals surface area contributed by atoms with Crippen LogP contribution in [0.5, 0.6) is 0 Å². The Kier molecular flexibility index (Phi) is 37.4. The zero-order valence-corrected chi connectivity index (χ0v) is 67.8. The second kappa shape index (κ2) is 45.5. The molecule has 0 aromatic heterocycles. The van der Waals surface area contributed by atoms with Crippen LogP contribution in [0.3, 0.4) is 0 Å². The van der Waals surface area contributed by atoms with Crippen molar-refractivity contribution in [1.82, 2.24) is 26.6 Å². The summed E-state index contributed by atoms with van der Waals surface area (Å²) in [5.74, 6) is -4.84. The molecule has 0 aromatic carbocycles. The lowest BCUT2D eigenvalue weighted by molar-refractivity contribution is -0.412. The lowest BCUT2D eigenvalue weighted by Crippen LogP contribution is -2.72. The minimum absolute atomic E-state index is 0.825. The molecule has 0 aromatic rings. The van der Waals surface area contributed by atoms with Crippen molar-refractivity contribution >= 4 is 29.5 Å². The van der Waals surface area contributed by atoms with Gasteiger partial charge in [0.05, 0.1) is 66.1 Å². The van der Waals surface area contributed by atoms with E-state index in [4.69, 9.17) is 90.0 Å². The molecule has 56 heteroatoms. The van der Waals surface area contributed by atoms with Crippen LogP contribution < -0.4 is 26.6 Å². The van der Waals surface area contributed by atoms with Gasteiger partial charge in [0, 0.05) is 34.6 Å². The van der Waals surface area contributed by atoms with Crippen LogP contribution in [-0.4, -0.2) is 540 Å². The fraction of sp³-hybridized carbons (Fsp3) is 0.929. The van der Waals surface area contributed by atoms with Gasteiger partial charge in [0.1, 0.15) is 244 Å². The largest absolute Gasteiger partial charge is 0.394 e. The molecule has 0 spiro atoms. The van der Waals surface area contributed by atoms with Gasteiger partial charge in [-0.2, -0.15) is 0 Å². The van der Waals surface area contributed by atoms with E-state index in [-0.39, 0.29) is 0 Å². The van der Waals surface area contributed by atoms with Crippen molar-refractivity contribution in [2.75, 3.05) is 66.1 Å². The number of aliphatic hydroxyl groups is 27. The first-order valence-corrected chi connectivity index (χ1v) is 40.1. The predicted molar refractivity (Wildman–Crippen MR) is 388 cm³/mol. The number of amides is 5. The first-order valence-electron chi connectivity index (χ1n) is 40.1. The predicted octanol–water partition coefficient (Wildman–Crippen LogP) is -22.1. The summed E-state index contributed by atoms with van der Waals surface area (Å²) in [6, 6.07) is -9.83. The summed E-state index contributed by atoms with van der Waals surface area (Å²) in [5, 5.41) is 316. The van der Waals surface area contributed by atoms with Crippen LogP contribution in [0.1, 0.15) is 34.6 Å². The Morgan fingerprint density at radius 1 is 0.206 bits per heavy atom. The van der Waals surface area contributed by atoms with Crippen LogP contribution in [0.4, 0.5) is 0 Å². The van der Waals surface area contributed by atoms with E-state index in [9.17, 15) is 162 Å². The Hall–Kier alpha value is -4.49. The van der Waals surface area contributed by atoms with Gasteiger partial charge in [-0.1, -0.05) is 0 Å². The third-order valence-electron chi connectivity index (χ3n) is 22.9. The molecule has 10 saturated heterocycles. The van der Waals surface area contributed by atoms with Gasteiger partial charge in [-0.15, -0.1) is 0 Å². The minimum Gasteiger partial charge on any atom is -0.394 e. The Morgan fingerprint density at radius 2 is 0.452 bits per heavy atom. The number of rotatable bonds is 33. The monoisotopic (exact) mass is 1840 g/mol. The molecule has 32 N–H and O–H groups in total. The van der Waals surface area contributed by atoms with E-state index in [1.54, 1.807) is 0 Å². The van der Waals surface area contributed by atoms with Crippen LogP contribution in [-0.2, 0) is 114 Å².